The van der Waals surface area contributed by atoms with Crippen LogP contribution in [0.15, 0.2) is 102 Å². The van der Waals surface area contributed by atoms with E-state index >= 15 is 0 Å². The van der Waals surface area contributed by atoms with E-state index in [4.69, 9.17) is 9.26 Å². The first-order valence-corrected chi connectivity index (χ1v) is 16.7. The van der Waals surface area contributed by atoms with Crippen molar-refractivity contribution in [3.8, 4) is 0 Å². The van der Waals surface area contributed by atoms with E-state index in [9.17, 15) is 14.4 Å². The lowest BCUT2D eigenvalue weighted by Gasteiger charge is -2.30. The minimum absolute atomic E-state index is 0.235. The number of benzene rings is 4. The first-order chi connectivity index (χ1) is 23.7. The quantitative estimate of drug-likeness (QED) is 0.144. The Hall–Kier alpha value is -5.51. The number of alkyl carbamates (subject to hydrolysis) is 1. The largest absolute Gasteiger partial charge is 0.444 e. The van der Waals surface area contributed by atoms with Crippen molar-refractivity contribution >= 4 is 39.5 Å². The van der Waals surface area contributed by atoms with Gasteiger partial charge < -0.3 is 24.8 Å². The topological polar surface area (TPSA) is 127 Å². The molecule has 1 aromatic heterocycles. The van der Waals surface area contributed by atoms with Crippen LogP contribution in [-0.4, -0.2) is 57.2 Å². The van der Waals surface area contributed by atoms with Crippen LogP contribution in [0.5, 0.6) is 0 Å². The molecule has 10 nitrogen and oxygen atoms in total. The van der Waals surface area contributed by atoms with Crippen molar-refractivity contribution in [1.29, 1.82) is 0 Å². The van der Waals surface area contributed by atoms with Gasteiger partial charge in [0.05, 0.1) is 5.54 Å². The third-order valence-corrected chi connectivity index (χ3v) is 8.23. The number of nitrogens with zero attached hydrogens (tertiary/aromatic N) is 3. The summed E-state index contributed by atoms with van der Waals surface area (Å²) in [6.07, 6.45) is 2.94. The summed E-state index contributed by atoms with van der Waals surface area (Å²) in [6, 6.07) is 26.7. The van der Waals surface area contributed by atoms with Gasteiger partial charge in [-0.2, -0.15) is 4.98 Å². The Labute approximate surface area is 292 Å². The molecule has 4 aromatic carbocycles. The van der Waals surface area contributed by atoms with Crippen molar-refractivity contribution in [1.82, 2.24) is 25.7 Å². The lowest BCUT2D eigenvalue weighted by atomic mass is 9.98. The molecule has 2 atom stereocenters. The summed E-state index contributed by atoms with van der Waals surface area (Å²) in [7, 11) is 1.69. The maximum Gasteiger partial charge on any atom is 0.408 e. The summed E-state index contributed by atoms with van der Waals surface area (Å²) >= 11 is 0. The summed E-state index contributed by atoms with van der Waals surface area (Å²) < 4.78 is 11.0. The fourth-order valence-electron chi connectivity index (χ4n) is 5.74. The zero-order chi connectivity index (χ0) is 36.1. The molecule has 3 amide bonds. The highest BCUT2D eigenvalue weighted by molar-refractivity contribution is 5.93. The predicted octanol–water partition coefficient (Wildman–Crippen LogP) is 7.01. The number of ether oxygens (including phenoxy) is 1. The predicted molar refractivity (Wildman–Crippen MR) is 194 cm³/mol. The summed E-state index contributed by atoms with van der Waals surface area (Å²) in [5.41, 5.74) is 0.290. The molecule has 1 unspecified atom stereocenters. The van der Waals surface area contributed by atoms with Gasteiger partial charge in [-0.1, -0.05) is 96.2 Å². The molecule has 1 heterocycles. The Balaban J connectivity index is 1.42. The Morgan fingerprint density at radius 1 is 0.840 bits per heavy atom. The summed E-state index contributed by atoms with van der Waals surface area (Å²) in [5, 5.41) is 14.0. The standard InChI is InChI=1S/C40H45N5O5/c1-26-41-36(50-44-26)34(25-28-17-19-30-13-9-11-15-32(30)23-28)45(7)37(47)33(24-27-16-18-29-12-8-10-14-31(29)22-27)42-35(46)20-21-40(5,6)43-38(48)49-39(2,3)4/h8-23,33-34H,24-25H2,1-7H3,(H,42,46)(H,43,48)/b21-20+/t33?,34-/m1/s1. The molecular weight excluding hydrogens is 630 g/mol. The minimum Gasteiger partial charge on any atom is -0.444 e. The number of aromatic nitrogens is 2. The molecule has 0 spiro atoms. The van der Waals surface area contributed by atoms with Crippen molar-refractivity contribution in [2.75, 3.05) is 7.05 Å². The van der Waals surface area contributed by atoms with Gasteiger partial charge in [-0.15, -0.1) is 0 Å². The van der Waals surface area contributed by atoms with Crippen molar-refractivity contribution < 1.29 is 23.6 Å². The Bertz CT molecular complexity index is 2030. The fourth-order valence-corrected chi connectivity index (χ4v) is 5.74. The monoisotopic (exact) mass is 675 g/mol. The van der Waals surface area contributed by atoms with E-state index in [1.807, 2.05) is 66.7 Å². The highest BCUT2D eigenvalue weighted by atomic mass is 16.6. The van der Waals surface area contributed by atoms with Crippen molar-refractivity contribution in [3.05, 3.63) is 120 Å². The van der Waals surface area contributed by atoms with Gasteiger partial charge in [0, 0.05) is 26.0 Å². The number of aryl methyl sites for hydroxylation is 1. The third kappa shape index (κ3) is 9.56. The van der Waals surface area contributed by atoms with E-state index in [0.29, 0.717) is 18.1 Å². The lowest BCUT2D eigenvalue weighted by molar-refractivity contribution is -0.137. The maximum atomic E-state index is 14.5. The molecule has 0 bridgehead atoms. The number of fused-ring (bicyclic) bond motifs is 2. The van der Waals surface area contributed by atoms with Crippen LogP contribution in [-0.2, 0) is 27.2 Å². The lowest BCUT2D eigenvalue weighted by Crippen LogP contribution is -2.49. The van der Waals surface area contributed by atoms with Crippen LogP contribution in [0.25, 0.3) is 21.5 Å². The first-order valence-electron chi connectivity index (χ1n) is 16.7. The third-order valence-electron chi connectivity index (χ3n) is 8.23. The Morgan fingerprint density at radius 3 is 1.94 bits per heavy atom. The van der Waals surface area contributed by atoms with E-state index < -0.39 is 35.2 Å². The van der Waals surface area contributed by atoms with E-state index in [1.54, 1.807) is 59.6 Å². The summed E-state index contributed by atoms with van der Waals surface area (Å²) in [5.74, 6) is -0.0562. The van der Waals surface area contributed by atoms with Crippen molar-refractivity contribution in [2.45, 2.75) is 77.6 Å². The molecule has 5 rings (SSSR count). The number of nitrogens with one attached hydrogen (secondary N) is 2. The molecule has 5 aromatic rings. The SMILES string of the molecule is Cc1noc([C@@H](Cc2ccc3ccccc3c2)N(C)C(=O)C(Cc2ccc3ccccc3c2)NC(=O)/C=C/C(C)(C)NC(=O)OC(C)(C)C)n1. The van der Waals surface area contributed by atoms with Crippen LogP contribution in [0.1, 0.15) is 63.5 Å². The molecule has 0 aliphatic heterocycles. The Morgan fingerprint density at radius 2 is 1.40 bits per heavy atom. The first kappa shape index (κ1) is 35.8. The van der Waals surface area contributed by atoms with E-state index in [1.165, 1.54) is 6.08 Å². The van der Waals surface area contributed by atoms with Crippen LogP contribution in [0.3, 0.4) is 0 Å². The molecule has 10 heteroatoms. The van der Waals surface area contributed by atoms with Crippen LogP contribution in [0.4, 0.5) is 4.79 Å². The minimum atomic E-state index is -0.941. The van der Waals surface area contributed by atoms with E-state index in [2.05, 4.69) is 39.0 Å². The van der Waals surface area contributed by atoms with Crippen molar-refractivity contribution in [2.24, 2.45) is 0 Å². The van der Waals surface area contributed by atoms with Crippen molar-refractivity contribution in [3.63, 3.8) is 0 Å². The average molecular weight is 676 g/mol. The average Bonchev–Trinajstić information content (AvgIpc) is 3.49. The van der Waals surface area contributed by atoms with E-state index in [0.717, 1.165) is 32.7 Å². The molecule has 0 saturated carbocycles. The summed E-state index contributed by atoms with van der Waals surface area (Å²) in [6.45, 7) is 10.6. The van der Waals surface area contributed by atoms with E-state index in [-0.39, 0.29) is 12.3 Å². The molecule has 50 heavy (non-hydrogen) atoms. The molecular formula is C40H45N5O5. The van der Waals surface area contributed by atoms with Gasteiger partial charge in [0.15, 0.2) is 5.82 Å². The number of hydrogen-bond acceptors (Lipinski definition) is 7. The van der Waals surface area contributed by atoms with Gasteiger partial charge >= 0.3 is 6.09 Å². The van der Waals surface area contributed by atoms with Crippen LogP contribution >= 0.6 is 0 Å². The number of amides is 3. The second-order valence-electron chi connectivity index (χ2n) is 14.2. The van der Waals surface area contributed by atoms with Gasteiger partial charge in [0.25, 0.3) is 0 Å². The highest BCUT2D eigenvalue weighted by Crippen LogP contribution is 2.27. The Kier molecular flexibility index (Phi) is 10.7. The smallest absolute Gasteiger partial charge is 0.408 e. The van der Waals surface area contributed by atoms with Gasteiger partial charge in [0.1, 0.15) is 17.7 Å². The highest BCUT2D eigenvalue weighted by Gasteiger charge is 2.33. The van der Waals surface area contributed by atoms with Gasteiger partial charge in [-0.25, -0.2) is 4.79 Å². The number of rotatable bonds is 11. The second-order valence-corrected chi connectivity index (χ2v) is 14.2. The van der Waals surface area contributed by atoms with Crippen LogP contribution in [0, 0.1) is 6.92 Å². The molecule has 260 valence electrons. The molecule has 0 aliphatic carbocycles. The zero-order valence-corrected chi connectivity index (χ0v) is 29.7. The molecule has 0 aliphatic rings. The van der Waals surface area contributed by atoms with Gasteiger partial charge in [0.2, 0.25) is 17.7 Å². The van der Waals surface area contributed by atoms with Gasteiger partial charge in [-0.05, 0) is 74.2 Å². The molecule has 0 radical (unpaired) electrons. The van der Waals surface area contributed by atoms with Crippen LogP contribution < -0.4 is 10.6 Å². The number of carbonyl (C=O) groups is 3. The molecule has 0 fully saturated rings. The fraction of sp³-hybridized carbons (Fsp3) is 0.325. The summed E-state index contributed by atoms with van der Waals surface area (Å²) in [4.78, 5) is 46.4. The van der Waals surface area contributed by atoms with Crippen LogP contribution in [0.2, 0.25) is 0 Å². The molecule has 0 saturated heterocycles. The normalized spacial score (nSPS) is 13.3. The number of likely N-dealkylation sites (N-methyl/N-ethyl adjacent to an activating group) is 1. The number of hydrogen-bond donors (Lipinski definition) is 2. The second kappa shape index (κ2) is 14.9. The molecule has 2 N–H and O–H groups in total. The maximum absolute atomic E-state index is 14.5. The zero-order valence-electron chi connectivity index (χ0n) is 29.7. The van der Waals surface area contributed by atoms with Gasteiger partial charge in [-0.3, -0.25) is 9.59 Å². The number of carbonyl (C=O) groups excluding carboxylic acids is 3.